The summed E-state index contributed by atoms with van der Waals surface area (Å²) in [4.78, 5) is 0.997. The molecule has 4 heteroatoms. The Bertz CT molecular complexity index is 338. The van der Waals surface area contributed by atoms with E-state index >= 15 is 0 Å². The highest BCUT2D eigenvalue weighted by Gasteiger charge is 2.03. The third-order valence-electron chi connectivity index (χ3n) is 1.35. The first kappa shape index (κ1) is 5.73. The zero-order valence-electron chi connectivity index (χ0n) is 5.42. The van der Waals surface area contributed by atoms with Crippen molar-refractivity contribution in [3.05, 3.63) is 11.4 Å². The summed E-state index contributed by atoms with van der Waals surface area (Å²) in [6.45, 7) is 0. The minimum Gasteiger partial charge on any atom is -0.481 e. The maximum Gasteiger partial charge on any atom is 0.217 e. The molecule has 0 aliphatic rings. The van der Waals surface area contributed by atoms with Crippen LogP contribution in [0.4, 0.5) is 0 Å². The number of aromatic amines is 1. The van der Waals surface area contributed by atoms with Gasteiger partial charge in [0.2, 0.25) is 5.88 Å². The lowest BCUT2D eigenvalue weighted by Gasteiger charge is -1.89. The third kappa shape index (κ3) is 0.623. The van der Waals surface area contributed by atoms with Gasteiger partial charge in [0.1, 0.15) is 4.83 Å². The van der Waals surface area contributed by atoms with Crippen LogP contribution in [0, 0.1) is 0 Å². The maximum atomic E-state index is 5.01. The molecule has 0 aliphatic heterocycles. The highest BCUT2D eigenvalue weighted by molar-refractivity contribution is 7.16. The van der Waals surface area contributed by atoms with Crippen molar-refractivity contribution in [1.82, 2.24) is 10.2 Å². The fourth-order valence-corrected chi connectivity index (χ4v) is 1.60. The van der Waals surface area contributed by atoms with Crippen LogP contribution >= 0.6 is 11.3 Å². The zero-order chi connectivity index (χ0) is 6.97. The topological polar surface area (TPSA) is 37.9 Å². The number of ether oxygens (including phenoxy) is 1. The van der Waals surface area contributed by atoms with Crippen molar-refractivity contribution in [2.45, 2.75) is 0 Å². The van der Waals surface area contributed by atoms with Crippen LogP contribution in [0.25, 0.3) is 10.2 Å². The first-order valence-corrected chi connectivity index (χ1v) is 3.75. The average Bonchev–Trinajstić information content (AvgIpc) is 2.44. The SMILES string of the molecule is COc1[nH]nc2sccc12. The summed E-state index contributed by atoms with van der Waals surface area (Å²) < 4.78 is 5.01. The molecular formula is C6H6N2OS. The number of rotatable bonds is 1. The zero-order valence-corrected chi connectivity index (χ0v) is 6.23. The Balaban J connectivity index is 2.76. The quantitative estimate of drug-likeness (QED) is 0.678. The molecule has 0 aliphatic carbocycles. The molecule has 0 saturated carbocycles. The van der Waals surface area contributed by atoms with E-state index in [1.165, 1.54) is 0 Å². The van der Waals surface area contributed by atoms with E-state index in [-0.39, 0.29) is 0 Å². The molecule has 3 nitrogen and oxygen atoms in total. The van der Waals surface area contributed by atoms with Gasteiger partial charge in [-0.15, -0.1) is 11.3 Å². The van der Waals surface area contributed by atoms with Crippen molar-refractivity contribution in [2.24, 2.45) is 0 Å². The highest BCUT2D eigenvalue weighted by atomic mass is 32.1. The standard InChI is InChI=1S/C6H6N2OS/c1-9-5-4-2-3-10-6(4)8-7-5/h2-3H,1H3,(H,7,8). The van der Waals surface area contributed by atoms with E-state index in [0.717, 1.165) is 16.1 Å². The molecule has 0 unspecified atom stereocenters. The molecule has 0 aromatic carbocycles. The largest absolute Gasteiger partial charge is 0.481 e. The summed E-state index contributed by atoms with van der Waals surface area (Å²) >= 11 is 1.60. The van der Waals surface area contributed by atoms with Crippen LogP contribution in [0.2, 0.25) is 0 Å². The van der Waals surface area contributed by atoms with Crippen molar-refractivity contribution in [2.75, 3.05) is 7.11 Å². The van der Waals surface area contributed by atoms with Gasteiger partial charge < -0.3 is 4.74 Å². The van der Waals surface area contributed by atoms with E-state index in [4.69, 9.17) is 4.74 Å². The minimum absolute atomic E-state index is 0.747. The van der Waals surface area contributed by atoms with E-state index in [1.807, 2.05) is 11.4 Å². The number of nitrogens with one attached hydrogen (secondary N) is 1. The molecule has 52 valence electrons. The molecule has 1 N–H and O–H groups in total. The van der Waals surface area contributed by atoms with Crippen molar-refractivity contribution in [3.8, 4) is 5.88 Å². The second-order valence-corrected chi connectivity index (χ2v) is 2.79. The Hall–Kier alpha value is -1.03. The second kappa shape index (κ2) is 1.98. The normalized spacial score (nSPS) is 10.5. The van der Waals surface area contributed by atoms with Crippen LogP contribution < -0.4 is 4.74 Å². The van der Waals surface area contributed by atoms with Crippen LogP contribution in [-0.4, -0.2) is 17.3 Å². The summed E-state index contributed by atoms with van der Waals surface area (Å²) in [5, 5.41) is 9.86. The van der Waals surface area contributed by atoms with Crippen molar-refractivity contribution in [1.29, 1.82) is 0 Å². The highest BCUT2D eigenvalue weighted by Crippen LogP contribution is 2.25. The number of hydrogen-bond acceptors (Lipinski definition) is 3. The minimum atomic E-state index is 0.747. The Morgan fingerprint density at radius 1 is 1.70 bits per heavy atom. The van der Waals surface area contributed by atoms with E-state index in [9.17, 15) is 0 Å². The number of thiophene rings is 1. The van der Waals surface area contributed by atoms with E-state index in [1.54, 1.807) is 18.4 Å². The molecular weight excluding hydrogens is 148 g/mol. The summed E-state index contributed by atoms with van der Waals surface area (Å²) in [6.07, 6.45) is 0. The van der Waals surface area contributed by atoms with Gasteiger partial charge in [0.15, 0.2) is 0 Å². The third-order valence-corrected chi connectivity index (χ3v) is 2.16. The van der Waals surface area contributed by atoms with Gasteiger partial charge in [-0.3, -0.25) is 0 Å². The van der Waals surface area contributed by atoms with Gasteiger partial charge in [-0.1, -0.05) is 0 Å². The molecule has 0 spiro atoms. The molecule has 0 atom stereocenters. The van der Waals surface area contributed by atoms with Gasteiger partial charge in [0, 0.05) is 0 Å². The Labute approximate surface area is 61.6 Å². The van der Waals surface area contributed by atoms with Crippen molar-refractivity contribution < 1.29 is 4.74 Å². The maximum absolute atomic E-state index is 5.01. The lowest BCUT2D eigenvalue weighted by molar-refractivity contribution is 0.401. The van der Waals surface area contributed by atoms with Crippen LogP contribution in [0.5, 0.6) is 5.88 Å². The summed E-state index contributed by atoms with van der Waals surface area (Å²) in [5.74, 6) is 0.747. The lowest BCUT2D eigenvalue weighted by atomic mass is 10.4. The number of aromatic nitrogens is 2. The molecule has 2 aromatic rings. The smallest absolute Gasteiger partial charge is 0.217 e. The summed E-state index contributed by atoms with van der Waals surface area (Å²) in [5.41, 5.74) is 0. The predicted molar refractivity (Wildman–Crippen MR) is 40.5 cm³/mol. The molecule has 0 saturated heterocycles. The van der Waals surface area contributed by atoms with Gasteiger partial charge in [-0.2, -0.15) is 5.10 Å². The van der Waals surface area contributed by atoms with E-state index in [2.05, 4.69) is 10.2 Å². The Morgan fingerprint density at radius 2 is 2.60 bits per heavy atom. The van der Waals surface area contributed by atoms with Gasteiger partial charge in [0.05, 0.1) is 12.5 Å². The average molecular weight is 154 g/mol. The van der Waals surface area contributed by atoms with Crippen molar-refractivity contribution >= 4 is 21.6 Å². The van der Waals surface area contributed by atoms with Crippen LogP contribution in [0.15, 0.2) is 11.4 Å². The second-order valence-electron chi connectivity index (χ2n) is 1.90. The van der Waals surface area contributed by atoms with Crippen LogP contribution in [0.1, 0.15) is 0 Å². The molecule has 10 heavy (non-hydrogen) atoms. The fourth-order valence-electron chi connectivity index (χ4n) is 0.878. The van der Waals surface area contributed by atoms with E-state index < -0.39 is 0 Å². The molecule has 0 bridgehead atoms. The molecule has 0 amide bonds. The lowest BCUT2D eigenvalue weighted by Crippen LogP contribution is -1.81. The molecule has 0 radical (unpaired) electrons. The van der Waals surface area contributed by atoms with E-state index in [0.29, 0.717) is 0 Å². The monoisotopic (exact) mass is 154 g/mol. The number of nitrogens with zero attached hydrogens (tertiary/aromatic N) is 1. The number of H-pyrrole nitrogens is 1. The van der Waals surface area contributed by atoms with Gasteiger partial charge in [0.25, 0.3) is 0 Å². The van der Waals surface area contributed by atoms with Gasteiger partial charge in [-0.25, -0.2) is 5.10 Å². The van der Waals surface area contributed by atoms with Gasteiger partial charge in [-0.05, 0) is 11.4 Å². The first-order valence-electron chi connectivity index (χ1n) is 2.87. The molecule has 2 heterocycles. The predicted octanol–water partition coefficient (Wildman–Crippen LogP) is 1.63. The fraction of sp³-hybridized carbons (Fsp3) is 0.167. The summed E-state index contributed by atoms with van der Waals surface area (Å²) in [6, 6.07) is 1.99. The first-order chi connectivity index (χ1) is 4.92. The molecule has 2 aromatic heterocycles. The molecule has 2 rings (SSSR count). The Morgan fingerprint density at radius 3 is 3.40 bits per heavy atom. The number of fused-ring (bicyclic) bond motifs is 1. The van der Waals surface area contributed by atoms with Crippen LogP contribution in [0.3, 0.4) is 0 Å². The van der Waals surface area contributed by atoms with Crippen molar-refractivity contribution in [3.63, 3.8) is 0 Å². The van der Waals surface area contributed by atoms with Gasteiger partial charge >= 0.3 is 0 Å². The summed E-state index contributed by atoms with van der Waals surface area (Å²) in [7, 11) is 1.63. The Kier molecular flexibility index (Phi) is 1.14. The number of methoxy groups -OCH3 is 1. The number of hydrogen-bond donors (Lipinski definition) is 1. The van der Waals surface area contributed by atoms with Crippen LogP contribution in [-0.2, 0) is 0 Å². The molecule has 0 fully saturated rings.